The molecule has 0 saturated carbocycles. The van der Waals surface area contributed by atoms with Crippen molar-refractivity contribution in [1.29, 1.82) is 0 Å². The Balaban J connectivity index is 2.22. The number of anilines is 1. The lowest BCUT2D eigenvalue weighted by atomic mass is 9.86. The molecule has 0 aromatic heterocycles. The van der Waals surface area contributed by atoms with Crippen molar-refractivity contribution in [3.8, 4) is 5.75 Å². The molecule has 2 rings (SSSR count). The lowest BCUT2D eigenvalue weighted by Crippen LogP contribution is -2.13. The normalized spacial score (nSPS) is 11.4. The molecule has 3 heteroatoms. The van der Waals surface area contributed by atoms with Gasteiger partial charge in [-0.1, -0.05) is 51.1 Å². The first-order chi connectivity index (χ1) is 9.39. The zero-order chi connectivity index (χ0) is 14.8. The zero-order valence-electron chi connectivity index (χ0n) is 12.1. The lowest BCUT2D eigenvalue weighted by Gasteiger charge is -2.22. The van der Waals surface area contributed by atoms with Crippen LogP contribution in [0.2, 0.25) is 0 Å². The third-order valence-corrected chi connectivity index (χ3v) is 4.15. The summed E-state index contributed by atoms with van der Waals surface area (Å²) >= 11 is 3.51. The number of rotatable bonds is 3. The lowest BCUT2D eigenvalue weighted by molar-refractivity contribution is 0.297. The molecular weight excluding hydrogens is 314 g/mol. The molecular formula is C17H20BrNO. The van der Waals surface area contributed by atoms with Crippen LogP contribution in [0.25, 0.3) is 0 Å². The Morgan fingerprint density at radius 2 is 1.75 bits per heavy atom. The van der Waals surface area contributed by atoms with Gasteiger partial charge in [-0.25, -0.2) is 0 Å². The van der Waals surface area contributed by atoms with Crippen molar-refractivity contribution >= 4 is 21.6 Å². The molecule has 2 aromatic rings. The highest BCUT2D eigenvalue weighted by Gasteiger charge is 2.18. The summed E-state index contributed by atoms with van der Waals surface area (Å²) in [4.78, 5) is 0. The van der Waals surface area contributed by atoms with E-state index in [1.807, 2.05) is 36.4 Å². The van der Waals surface area contributed by atoms with Crippen LogP contribution in [0.15, 0.2) is 46.9 Å². The second-order valence-electron chi connectivity index (χ2n) is 5.86. The Bertz CT molecular complexity index is 602. The average Bonchev–Trinajstić information content (AvgIpc) is 2.40. The minimum absolute atomic E-state index is 0.0591. The summed E-state index contributed by atoms with van der Waals surface area (Å²) in [5.41, 5.74) is 8.94. The van der Waals surface area contributed by atoms with Crippen LogP contribution in [0.3, 0.4) is 0 Å². The zero-order valence-corrected chi connectivity index (χ0v) is 13.7. The number of nitrogen functional groups attached to an aromatic ring is 1. The van der Waals surface area contributed by atoms with Crippen molar-refractivity contribution in [3.63, 3.8) is 0 Å². The number of halogens is 1. The minimum atomic E-state index is 0.0591. The summed E-state index contributed by atoms with van der Waals surface area (Å²) in [5, 5.41) is 0. The third-order valence-electron chi connectivity index (χ3n) is 3.19. The fourth-order valence-electron chi connectivity index (χ4n) is 2.08. The van der Waals surface area contributed by atoms with Crippen LogP contribution in [0.1, 0.15) is 31.9 Å². The van der Waals surface area contributed by atoms with E-state index in [1.165, 1.54) is 5.56 Å². The molecule has 106 valence electrons. The summed E-state index contributed by atoms with van der Waals surface area (Å²) in [7, 11) is 0. The maximum Gasteiger partial charge on any atom is 0.123 e. The molecule has 2 N–H and O–H groups in total. The molecule has 0 spiro atoms. The van der Waals surface area contributed by atoms with Gasteiger partial charge in [0.25, 0.3) is 0 Å². The van der Waals surface area contributed by atoms with Crippen molar-refractivity contribution in [2.75, 3.05) is 5.73 Å². The first kappa shape index (κ1) is 14.9. The van der Waals surface area contributed by atoms with Crippen molar-refractivity contribution < 1.29 is 4.74 Å². The van der Waals surface area contributed by atoms with E-state index in [4.69, 9.17) is 10.5 Å². The second kappa shape index (κ2) is 5.88. The first-order valence-electron chi connectivity index (χ1n) is 6.65. The van der Waals surface area contributed by atoms with E-state index < -0.39 is 0 Å². The van der Waals surface area contributed by atoms with Crippen molar-refractivity contribution in [2.45, 2.75) is 32.8 Å². The van der Waals surface area contributed by atoms with Crippen LogP contribution in [0, 0.1) is 0 Å². The molecule has 0 bridgehead atoms. The van der Waals surface area contributed by atoms with E-state index in [2.05, 4.69) is 42.8 Å². The largest absolute Gasteiger partial charge is 0.489 e. The molecule has 0 radical (unpaired) electrons. The quantitative estimate of drug-likeness (QED) is 0.810. The van der Waals surface area contributed by atoms with Gasteiger partial charge in [-0.05, 0) is 39.0 Å². The van der Waals surface area contributed by atoms with Gasteiger partial charge >= 0.3 is 0 Å². The van der Waals surface area contributed by atoms with E-state index in [-0.39, 0.29) is 5.41 Å². The van der Waals surface area contributed by atoms with Crippen LogP contribution in [-0.2, 0) is 12.0 Å². The maximum absolute atomic E-state index is 6.00. The summed E-state index contributed by atoms with van der Waals surface area (Å²) in [6.45, 7) is 7.06. The van der Waals surface area contributed by atoms with Crippen molar-refractivity contribution in [3.05, 3.63) is 58.1 Å². The number of benzene rings is 2. The van der Waals surface area contributed by atoms with Gasteiger partial charge in [0.05, 0.1) is 0 Å². The molecule has 0 aliphatic rings. The van der Waals surface area contributed by atoms with Gasteiger partial charge in [-0.2, -0.15) is 0 Å². The van der Waals surface area contributed by atoms with Crippen LogP contribution >= 0.6 is 15.9 Å². The summed E-state index contributed by atoms with van der Waals surface area (Å²) in [6, 6.07) is 14.0. The number of hydrogen-bond donors (Lipinski definition) is 1. The van der Waals surface area contributed by atoms with Crippen LogP contribution in [0.4, 0.5) is 5.69 Å². The maximum atomic E-state index is 6.00. The van der Waals surface area contributed by atoms with Gasteiger partial charge in [0.1, 0.15) is 12.4 Å². The molecule has 0 saturated heterocycles. The average molecular weight is 334 g/mol. The molecule has 0 aliphatic heterocycles. The topological polar surface area (TPSA) is 35.2 Å². The molecule has 0 aliphatic carbocycles. The number of ether oxygens (including phenoxy) is 1. The van der Waals surface area contributed by atoms with Gasteiger partial charge in [-0.3, -0.25) is 0 Å². The fraction of sp³-hybridized carbons (Fsp3) is 0.294. The Morgan fingerprint density at radius 1 is 1.05 bits per heavy atom. The van der Waals surface area contributed by atoms with Gasteiger partial charge in [0, 0.05) is 15.7 Å². The predicted molar refractivity (Wildman–Crippen MR) is 88.0 cm³/mol. The summed E-state index contributed by atoms with van der Waals surface area (Å²) < 4.78 is 6.91. The Kier molecular flexibility index (Phi) is 4.39. The van der Waals surface area contributed by atoms with E-state index in [0.29, 0.717) is 6.61 Å². The van der Waals surface area contributed by atoms with Crippen molar-refractivity contribution in [2.24, 2.45) is 0 Å². The SMILES string of the molecule is CC(C)(C)c1ccccc1OCc1cccc(N)c1Br. The molecule has 20 heavy (non-hydrogen) atoms. The monoisotopic (exact) mass is 333 g/mol. The molecule has 0 heterocycles. The minimum Gasteiger partial charge on any atom is -0.489 e. The molecule has 0 unspecified atom stereocenters. The predicted octanol–water partition coefficient (Wildman–Crippen LogP) is 4.91. The molecule has 0 atom stereocenters. The van der Waals surface area contributed by atoms with Crippen LogP contribution < -0.4 is 10.5 Å². The highest BCUT2D eigenvalue weighted by Crippen LogP contribution is 2.32. The summed E-state index contributed by atoms with van der Waals surface area (Å²) in [6.07, 6.45) is 0. The fourth-order valence-corrected chi connectivity index (χ4v) is 2.46. The number of hydrogen-bond acceptors (Lipinski definition) is 2. The number of para-hydroxylation sites is 1. The molecule has 0 fully saturated rings. The smallest absolute Gasteiger partial charge is 0.123 e. The van der Waals surface area contributed by atoms with Crippen LogP contribution in [0.5, 0.6) is 5.75 Å². The second-order valence-corrected chi connectivity index (χ2v) is 6.65. The number of nitrogens with two attached hydrogens (primary N) is 1. The van der Waals surface area contributed by atoms with E-state index in [0.717, 1.165) is 21.5 Å². The van der Waals surface area contributed by atoms with Crippen molar-refractivity contribution in [1.82, 2.24) is 0 Å². The highest BCUT2D eigenvalue weighted by molar-refractivity contribution is 9.10. The van der Waals surface area contributed by atoms with Gasteiger partial charge in [-0.15, -0.1) is 0 Å². The van der Waals surface area contributed by atoms with E-state index in [9.17, 15) is 0 Å². The highest BCUT2D eigenvalue weighted by atomic mass is 79.9. The van der Waals surface area contributed by atoms with Gasteiger partial charge < -0.3 is 10.5 Å². The first-order valence-corrected chi connectivity index (χ1v) is 7.44. The van der Waals surface area contributed by atoms with E-state index in [1.54, 1.807) is 0 Å². The molecule has 0 amide bonds. The summed E-state index contributed by atoms with van der Waals surface area (Å²) in [5.74, 6) is 0.925. The molecule has 2 aromatic carbocycles. The van der Waals surface area contributed by atoms with Gasteiger partial charge in [0.15, 0.2) is 0 Å². The Labute approximate surface area is 129 Å². The van der Waals surface area contributed by atoms with Gasteiger partial charge in [0.2, 0.25) is 0 Å². The third kappa shape index (κ3) is 3.34. The standard InChI is InChI=1S/C17H20BrNO/c1-17(2,3)13-8-4-5-10-15(13)20-11-12-7-6-9-14(19)16(12)18/h4-10H,11,19H2,1-3H3. The molecule has 2 nitrogen and oxygen atoms in total. The Morgan fingerprint density at radius 3 is 2.45 bits per heavy atom. The van der Waals surface area contributed by atoms with E-state index >= 15 is 0 Å². The Hall–Kier alpha value is -1.48. The van der Waals surface area contributed by atoms with Crippen LogP contribution in [-0.4, -0.2) is 0 Å².